The molecule has 2 rings (SSSR count). The van der Waals surface area contributed by atoms with Gasteiger partial charge in [-0.2, -0.15) is 0 Å². The molecule has 88 valence electrons. The van der Waals surface area contributed by atoms with Crippen LogP contribution in [0.15, 0.2) is 0 Å². The predicted octanol–water partition coefficient (Wildman–Crippen LogP) is 0.923. The van der Waals surface area contributed by atoms with E-state index in [4.69, 9.17) is 5.11 Å². The van der Waals surface area contributed by atoms with E-state index in [0.29, 0.717) is 38.5 Å². The zero-order chi connectivity index (χ0) is 11.8. The van der Waals surface area contributed by atoms with E-state index < -0.39 is 5.97 Å². The molecular weight excluding hydrogens is 210 g/mol. The van der Waals surface area contributed by atoms with E-state index >= 15 is 0 Å². The molecule has 16 heavy (non-hydrogen) atoms. The highest BCUT2D eigenvalue weighted by Crippen LogP contribution is 2.43. The Morgan fingerprint density at radius 3 is 2.31 bits per heavy atom. The van der Waals surface area contributed by atoms with Gasteiger partial charge in [0.15, 0.2) is 0 Å². The van der Waals surface area contributed by atoms with Crippen molar-refractivity contribution in [1.82, 2.24) is 4.90 Å². The minimum atomic E-state index is -0.823. The summed E-state index contributed by atoms with van der Waals surface area (Å²) in [6, 6.07) is 0. The number of carboxylic acids is 1. The lowest BCUT2D eigenvalue weighted by molar-refractivity contribution is -0.142. The van der Waals surface area contributed by atoms with Crippen molar-refractivity contribution in [2.45, 2.75) is 50.5 Å². The van der Waals surface area contributed by atoms with Gasteiger partial charge in [0.1, 0.15) is 0 Å². The van der Waals surface area contributed by atoms with Gasteiger partial charge in [-0.05, 0) is 25.7 Å². The average Bonchev–Trinajstić information content (AvgIpc) is 2.68. The van der Waals surface area contributed by atoms with Crippen molar-refractivity contribution in [3.05, 3.63) is 0 Å². The van der Waals surface area contributed by atoms with Crippen LogP contribution >= 0.6 is 0 Å². The third-order valence-corrected chi connectivity index (χ3v) is 3.61. The number of nitrogens with zero attached hydrogens (tertiary/aromatic N) is 1. The summed E-state index contributed by atoms with van der Waals surface area (Å²) in [5, 5.41) is 8.58. The summed E-state index contributed by atoms with van der Waals surface area (Å²) in [4.78, 5) is 35.0. The zero-order valence-electron chi connectivity index (χ0n) is 9.07. The number of hydrogen-bond acceptors (Lipinski definition) is 3. The van der Waals surface area contributed by atoms with Crippen molar-refractivity contribution in [1.29, 1.82) is 0 Å². The fourth-order valence-corrected chi connectivity index (χ4v) is 2.85. The Bertz CT molecular complexity index is 330. The number of hydrogen-bond donors (Lipinski definition) is 1. The van der Waals surface area contributed by atoms with Crippen molar-refractivity contribution < 1.29 is 19.5 Å². The van der Waals surface area contributed by atoms with Crippen molar-refractivity contribution in [2.24, 2.45) is 0 Å². The molecule has 0 aromatic carbocycles. The van der Waals surface area contributed by atoms with Crippen molar-refractivity contribution in [3.8, 4) is 0 Å². The van der Waals surface area contributed by atoms with Crippen LogP contribution in [-0.2, 0) is 14.4 Å². The van der Waals surface area contributed by atoms with Crippen LogP contribution in [0.1, 0.15) is 44.9 Å². The molecule has 1 N–H and O–H groups in total. The van der Waals surface area contributed by atoms with Crippen LogP contribution in [0.25, 0.3) is 0 Å². The fourth-order valence-electron chi connectivity index (χ4n) is 2.85. The summed E-state index contributed by atoms with van der Waals surface area (Å²) in [6.45, 7) is 0. The standard InChI is InChI=1S/C11H15NO4/c13-8-3-6-11(5-1-2-10(15)16)7-4-9(14)12(8)11/h1-7H2,(H,15,16). The molecule has 0 unspecified atom stereocenters. The molecule has 0 aromatic rings. The fraction of sp³-hybridized carbons (Fsp3) is 0.727. The topological polar surface area (TPSA) is 74.7 Å². The highest BCUT2D eigenvalue weighted by molar-refractivity contribution is 5.99. The molecule has 2 saturated heterocycles. The molecule has 0 bridgehead atoms. The van der Waals surface area contributed by atoms with Crippen LogP contribution in [0.2, 0.25) is 0 Å². The number of carbonyl (C=O) groups excluding carboxylic acids is 2. The molecule has 0 radical (unpaired) electrons. The summed E-state index contributed by atoms with van der Waals surface area (Å²) in [7, 11) is 0. The molecule has 0 spiro atoms. The Balaban J connectivity index is 2.03. The molecule has 2 aliphatic heterocycles. The third kappa shape index (κ3) is 1.70. The SMILES string of the molecule is O=C(O)CCCC12CCC(=O)N1C(=O)CC2. The van der Waals surface area contributed by atoms with Gasteiger partial charge in [-0.3, -0.25) is 19.3 Å². The number of carbonyl (C=O) groups is 3. The molecule has 2 fully saturated rings. The summed E-state index contributed by atoms with van der Waals surface area (Å²) < 4.78 is 0. The molecule has 0 aliphatic carbocycles. The first kappa shape index (κ1) is 11.1. The maximum absolute atomic E-state index is 11.6. The van der Waals surface area contributed by atoms with Gasteiger partial charge in [0.25, 0.3) is 0 Å². The van der Waals surface area contributed by atoms with Crippen LogP contribution in [-0.4, -0.2) is 33.3 Å². The Morgan fingerprint density at radius 2 is 1.81 bits per heavy atom. The first-order chi connectivity index (χ1) is 7.55. The second-order valence-electron chi connectivity index (χ2n) is 4.59. The highest BCUT2D eigenvalue weighted by Gasteiger charge is 2.52. The normalized spacial score (nSPS) is 22.6. The van der Waals surface area contributed by atoms with E-state index in [1.165, 1.54) is 4.90 Å². The smallest absolute Gasteiger partial charge is 0.303 e. The van der Waals surface area contributed by atoms with E-state index in [9.17, 15) is 14.4 Å². The average molecular weight is 225 g/mol. The Kier molecular flexibility index (Phi) is 2.69. The van der Waals surface area contributed by atoms with Gasteiger partial charge in [0, 0.05) is 19.3 Å². The largest absolute Gasteiger partial charge is 0.481 e. The van der Waals surface area contributed by atoms with Gasteiger partial charge in [-0.15, -0.1) is 0 Å². The van der Waals surface area contributed by atoms with Crippen LogP contribution in [0.3, 0.4) is 0 Å². The van der Waals surface area contributed by atoms with Gasteiger partial charge in [-0.1, -0.05) is 0 Å². The van der Waals surface area contributed by atoms with Crippen molar-refractivity contribution in [3.63, 3.8) is 0 Å². The van der Waals surface area contributed by atoms with Gasteiger partial charge >= 0.3 is 5.97 Å². The van der Waals surface area contributed by atoms with Crippen LogP contribution in [0.5, 0.6) is 0 Å². The number of rotatable bonds is 4. The monoisotopic (exact) mass is 225 g/mol. The summed E-state index contributed by atoms with van der Waals surface area (Å²) in [5.41, 5.74) is -0.344. The number of fused-ring (bicyclic) bond motifs is 1. The molecule has 2 heterocycles. The molecule has 5 nitrogen and oxygen atoms in total. The second-order valence-corrected chi connectivity index (χ2v) is 4.59. The molecular formula is C11H15NO4. The molecule has 5 heteroatoms. The highest BCUT2D eigenvalue weighted by atomic mass is 16.4. The minimum Gasteiger partial charge on any atom is -0.481 e. The number of carboxylic acid groups (broad SMARTS) is 1. The number of imide groups is 1. The van der Waals surface area contributed by atoms with Gasteiger partial charge in [0.05, 0.1) is 5.54 Å². The second kappa shape index (κ2) is 3.88. The molecule has 0 atom stereocenters. The summed E-state index contributed by atoms with van der Waals surface area (Å²) in [5.74, 6) is -0.993. The molecule has 2 aliphatic rings. The first-order valence-corrected chi connectivity index (χ1v) is 5.63. The molecule has 0 saturated carbocycles. The summed E-state index contributed by atoms with van der Waals surface area (Å²) in [6.07, 6.45) is 3.55. The quantitative estimate of drug-likeness (QED) is 0.722. The van der Waals surface area contributed by atoms with Crippen LogP contribution < -0.4 is 0 Å². The van der Waals surface area contributed by atoms with Gasteiger partial charge < -0.3 is 5.11 Å². The van der Waals surface area contributed by atoms with E-state index in [2.05, 4.69) is 0 Å². The van der Waals surface area contributed by atoms with Crippen molar-refractivity contribution >= 4 is 17.8 Å². The number of amides is 2. The predicted molar refractivity (Wildman–Crippen MR) is 54.5 cm³/mol. The van der Waals surface area contributed by atoms with E-state index in [-0.39, 0.29) is 23.8 Å². The zero-order valence-corrected chi connectivity index (χ0v) is 9.07. The molecule has 2 amide bonds. The lowest BCUT2D eigenvalue weighted by Gasteiger charge is -2.30. The van der Waals surface area contributed by atoms with E-state index in [1.54, 1.807) is 0 Å². The Labute approximate surface area is 93.4 Å². The maximum Gasteiger partial charge on any atom is 0.303 e. The van der Waals surface area contributed by atoms with E-state index in [1.807, 2.05) is 0 Å². The maximum atomic E-state index is 11.6. The Morgan fingerprint density at radius 1 is 1.25 bits per heavy atom. The van der Waals surface area contributed by atoms with Crippen LogP contribution in [0.4, 0.5) is 0 Å². The lowest BCUT2D eigenvalue weighted by Crippen LogP contribution is -2.42. The van der Waals surface area contributed by atoms with Gasteiger partial charge in [0.2, 0.25) is 11.8 Å². The van der Waals surface area contributed by atoms with Crippen LogP contribution in [0, 0.1) is 0 Å². The minimum absolute atomic E-state index is 0.0853. The third-order valence-electron chi connectivity index (χ3n) is 3.61. The van der Waals surface area contributed by atoms with E-state index in [0.717, 1.165) is 0 Å². The Hall–Kier alpha value is -1.39. The summed E-state index contributed by atoms with van der Waals surface area (Å²) >= 11 is 0. The molecule has 0 aromatic heterocycles. The van der Waals surface area contributed by atoms with Crippen molar-refractivity contribution in [2.75, 3.05) is 0 Å². The number of aliphatic carboxylic acids is 1. The lowest BCUT2D eigenvalue weighted by atomic mass is 9.88. The first-order valence-electron chi connectivity index (χ1n) is 5.63. The van der Waals surface area contributed by atoms with Gasteiger partial charge in [-0.25, -0.2) is 0 Å².